The zero-order chi connectivity index (χ0) is 16.1. The zero-order valence-corrected chi connectivity index (χ0v) is 14.1. The molecule has 0 aliphatic carbocycles. The van der Waals surface area contributed by atoms with E-state index < -0.39 is 0 Å². The van der Waals surface area contributed by atoms with E-state index in [9.17, 15) is 0 Å². The summed E-state index contributed by atoms with van der Waals surface area (Å²) in [6.07, 6.45) is 0. The number of aromatic nitrogens is 1. The highest BCUT2D eigenvalue weighted by Crippen LogP contribution is 2.28. The molecular weight excluding hydrogens is 304 g/mol. The van der Waals surface area contributed by atoms with Crippen molar-refractivity contribution >= 4 is 11.3 Å². The van der Waals surface area contributed by atoms with Crippen LogP contribution in [0.2, 0.25) is 0 Å². The maximum absolute atomic E-state index is 5.89. The first-order valence-electron chi connectivity index (χ1n) is 7.66. The topological polar surface area (TPSA) is 34.2 Å². The van der Waals surface area contributed by atoms with Crippen molar-refractivity contribution in [2.24, 2.45) is 0 Å². The van der Waals surface area contributed by atoms with Gasteiger partial charge in [0.1, 0.15) is 17.4 Å². The summed E-state index contributed by atoms with van der Waals surface area (Å²) in [5.74, 6) is 0.863. The summed E-state index contributed by atoms with van der Waals surface area (Å²) in [7, 11) is 1.95. The molecule has 0 aliphatic rings. The fourth-order valence-corrected chi connectivity index (χ4v) is 3.12. The van der Waals surface area contributed by atoms with E-state index in [1.54, 1.807) is 11.3 Å². The minimum Gasteiger partial charge on any atom is -0.489 e. The normalized spacial score (nSPS) is 12.1. The molecule has 118 valence electrons. The second kappa shape index (κ2) is 7.40. The van der Waals surface area contributed by atoms with Gasteiger partial charge < -0.3 is 10.1 Å². The SMILES string of the molecule is CNC(C)c1nc(-c2cccc(OCc3ccccc3)c2)cs1. The Morgan fingerprint density at radius 1 is 1.13 bits per heavy atom. The second-order valence-electron chi connectivity index (χ2n) is 5.38. The van der Waals surface area contributed by atoms with E-state index in [0.717, 1.165) is 27.6 Å². The monoisotopic (exact) mass is 324 g/mol. The first kappa shape index (κ1) is 15.7. The van der Waals surface area contributed by atoms with Crippen LogP contribution >= 0.6 is 11.3 Å². The number of nitrogens with one attached hydrogen (secondary N) is 1. The number of benzene rings is 2. The van der Waals surface area contributed by atoms with Crippen molar-refractivity contribution in [3.63, 3.8) is 0 Å². The largest absolute Gasteiger partial charge is 0.489 e. The highest BCUT2D eigenvalue weighted by Gasteiger charge is 2.10. The van der Waals surface area contributed by atoms with Crippen LogP contribution < -0.4 is 10.1 Å². The number of hydrogen-bond donors (Lipinski definition) is 1. The van der Waals surface area contributed by atoms with Crippen LogP contribution in [0.1, 0.15) is 23.5 Å². The van der Waals surface area contributed by atoms with Gasteiger partial charge in [-0.2, -0.15) is 0 Å². The Hall–Kier alpha value is -2.17. The number of hydrogen-bond acceptors (Lipinski definition) is 4. The van der Waals surface area contributed by atoms with Crippen LogP contribution in [0, 0.1) is 0 Å². The maximum atomic E-state index is 5.89. The Morgan fingerprint density at radius 2 is 1.96 bits per heavy atom. The molecule has 0 spiro atoms. The van der Waals surface area contributed by atoms with E-state index in [1.165, 1.54) is 0 Å². The molecule has 0 saturated heterocycles. The van der Waals surface area contributed by atoms with Crippen LogP contribution in [0.4, 0.5) is 0 Å². The molecule has 0 radical (unpaired) electrons. The Bertz CT molecular complexity index is 755. The minimum atomic E-state index is 0.270. The molecule has 4 heteroatoms. The molecule has 2 aromatic carbocycles. The third-order valence-electron chi connectivity index (χ3n) is 3.70. The predicted molar refractivity (Wildman–Crippen MR) is 95.8 cm³/mol. The van der Waals surface area contributed by atoms with Gasteiger partial charge in [-0.1, -0.05) is 42.5 Å². The van der Waals surface area contributed by atoms with Gasteiger partial charge in [-0.25, -0.2) is 4.98 Å². The fourth-order valence-electron chi connectivity index (χ4n) is 2.23. The quantitative estimate of drug-likeness (QED) is 0.715. The third kappa shape index (κ3) is 3.97. The van der Waals surface area contributed by atoms with E-state index >= 15 is 0 Å². The molecule has 0 fully saturated rings. The average Bonchev–Trinajstić information content (AvgIpc) is 3.11. The summed E-state index contributed by atoms with van der Waals surface area (Å²) < 4.78 is 5.89. The van der Waals surface area contributed by atoms with Gasteiger partial charge in [-0.3, -0.25) is 0 Å². The molecule has 1 unspecified atom stereocenters. The molecule has 0 amide bonds. The number of nitrogens with zero attached hydrogens (tertiary/aromatic N) is 1. The van der Waals surface area contributed by atoms with Crippen LogP contribution in [0.25, 0.3) is 11.3 Å². The highest BCUT2D eigenvalue weighted by molar-refractivity contribution is 7.10. The number of thiazole rings is 1. The summed E-state index contributed by atoms with van der Waals surface area (Å²) >= 11 is 1.68. The molecule has 1 heterocycles. The first-order chi connectivity index (χ1) is 11.3. The molecule has 3 aromatic rings. The fraction of sp³-hybridized carbons (Fsp3) is 0.211. The van der Waals surface area contributed by atoms with Crippen LogP contribution in [0.3, 0.4) is 0 Å². The van der Waals surface area contributed by atoms with Crippen molar-refractivity contribution in [2.75, 3.05) is 7.05 Å². The molecule has 0 bridgehead atoms. The van der Waals surface area contributed by atoms with Gasteiger partial charge in [0.25, 0.3) is 0 Å². The number of ether oxygens (including phenoxy) is 1. The van der Waals surface area contributed by atoms with Gasteiger partial charge in [0.2, 0.25) is 0 Å². The van der Waals surface area contributed by atoms with Gasteiger partial charge in [-0.15, -0.1) is 11.3 Å². The van der Waals surface area contributed by atoms with Gasteiger partial charge in [0.15, 0.2) is 0 Å². The third-order valence-corrected chi connectivity index (χ3v) is 4.73. The summed E-state index contributed by atoms with van der Waals surface area (Å²) in [6, 6.07) is 18.6. The summed E-state index contributed by atoms with van der Waals surface area (Å²) in [6.45, 7) is 2.69. The Labute approximate surface area is 141 Å². The highest BCUT2D eigenvalue weighted by atomic mass is 32.1. The summed E-state index contributed by atoms with van der Waals surface area (Å²) in [5, 5.41) is 6.41. The van der Waals surface area contributed by atoms with Crippen molar-refractivity contribution in [1.29, 1.82) is 0 Å². The van der Waals surface area contributed by atoms with Crippen molar-refractivity contribution in [3.05, 3.63) is 70.5 Å². The molecule has 1 aromatic heterocycles. The smallest absolute Gasteiger partial charge is 0.120 e. The van der Waals surface area contributed by atoms with E-state index in [1.807, 2.05) is 43.4 Å². The molecule has 3 nitrogen and oxygen atoms in total. The Morgan fingerprint density at radius 3 is 2.74 bits per heavy atom. The first-order valence-corrected chi connectivity index (χ1v) is 8.54. The van der Waals surface area contributed by atoms with Crippen molar-refractivity contribution in [2.45, 2.75) is 19.6 Å². The van der Waals surface area contributed by atoms with Gasteiger partial charge in [0.05, 0.1) is 11.7 Å². The molecule has 0 saturated carbocycles. The van der Waals surface area contributed by atoms with E-state index in [-0.39, 0.29) is 6.04 Å². The molecule has 0 aliphatic heterocycles. The lowest BCUT2D eigenvalue weighted by atomic mass is 10.1. The van der Waals surface area contributed by atoms with Crippen molar-refractivity contribution in [1.82, 2.24) is 10.3 Å². The van der Waals surface area contributed by atoms with E-state index in [4.69, 9.17) is 9.72 Å². The lowest BCUT2D eigenvalue weighted by Gasteiger charge is -2.08. The molecular formula is C19H20N2OS. The van der Waals surface area contributed by atoms with E-state index in [0.29, 0.717) is 6.61 Å². The predicted octanol–water partition coefficient (Wildman–Crippen LogP) is 4.67. The molecule has 23 heavy (non-hydrogen) atoms. The van der Waals surface area contributed by atoms with Crippen LogP contribution in [-0.2, 0) is 6.61 Å². The molecule has 3 rings (SSSR count). The van der Waals surface area contributed by atoms with Crippen molar-refractivity contribution < 1.29 is 4.74 Å². The van der Waals surface area contributed by atoms with Gasteiger partial charge in [0, 0.05) is 10.9 Å². The lowest BCUT2D eigenvalue weighted by Crippen LogP contribution is -2.11. The molecule has 1 atom stereocenters. The minimum absolute atomic E-state index is 0.270. The van der Waals surface area contributed by atoms with Crippen molar-refractivity contribution in [3.8, 4) is 17.0 Å². The van der Waals surface area contributed by atoms with Crippen LogP contribution in [-0.4, -0.2) is 12.0 Å². The Kier molecular flexibility index (Phi) is 5.05. The maximum Gasteiger partial charge on any atom is 0.120 e. The summed E-state index contributed by atoms with van der Waals surface area (Å²) in [5.41, 5.74) is 3.25. The van der Waals surface area contributed by atoms with E-state index in [2.05, 4.69) is 35.8 Å². The summed E-state index contributed by atoms with van der Waals surface area (Å²) in [4.78, 5) is 4.71. The molecule has 1 N–H and O–H groups in total. The van der Waals surface area contributed by atoms with Gasteiger partial charge >= 0.3 is 0 Å². The lowest BCUT2D eigenvalue weighted by molar-refractivity contribution is 0.306. The van der Waals surface area contributed by atoms with Crippen LogP contribution in [0.5, 0.6) is 5.75 Å². The standard InChI is InChI=1S/C19H20N2OS/c1-14(20-2)19-21-18(13-23-19)16-9-6-10-17(11-16)22-12-15-7-4-3-5-8-15/h3-11,13-14,20H,12H2,1-2H3. The Balaban J connectivity index is 1.73. The van der Waals surface area contributed by atoms with Crippen LogP contribution in [0.15, 0.2) is 60.0 Å². The second-order valence-corrected chi connectivity index (χ2v) is 6.27. The average molecular weight is 324 g/mol. The van der Waals surface area contributed by atoms with Gasteiger partial charge in [-0.05, 0) is 31.7 Å². The number of rotatable bonds is 6. The zero-order valence-electron chi connectivity index (χ0n) is 13.3.